The molecule has 0 saturated carbocycles. The molecule has 3 aromatic carbocycles. The van der Waals surface area contributed by atoms with E-state index in [0.29, 0.717) is 36.6 Å². The van der Waals surface area contributed by atoms with Crippen LogP contribution >= 0.6 is 0 Å². The first-order valence-corrected chi connectivity index (χ1v) is 11.9. The molecule has 0 radical (unpaired) electrons. The molecule has 1 atom stereocenters. The quantitative estimate of drug-likeness (QED) is 0.265. The fourth-order valence-electron chi connectivity index (χ4n) is 3.81. The van der Waals surface area contributed by atoms with Gasteiger partial charge in [0.05, 0.1) is 14.2 Å². The number of hydrogen-bond acceptors (Lipinski definition) is 7. The Hall–Kier alpha value is -4.08. The number of carbonyl (C=O) groups excluding carboxylic acids is 2. The van der Waals surface area contributed by atoms with Gasteiger partial charge < -0.3 is 24.6 Å². The minimum atomic E-state index is -0.668. The van der Waals surface area contributed by atoms with Crippen molar-refractivity contribution < 1.29 is 28.9 Å². The minimum Gasteiger partial charge on any atom is -0.491 e. The van der Waals surface area contributed by atoms with Gasteiger partial charge in [0.15, 0.2) is 0 Å². The number of nitrogens with one attached hydrogen (secondary N) is 3. The van der Waals surface area contributed by atoms with Gasteiger partial charge in [-0.3, -0.25) is 10.6 Å². The second-order valence-electron chi connectivity index (χ2n) is 8.31. The van der Waals surface area contributed by atoms with E-state index in [1.54, 1.807) is 12.1 Å². The van der Waals surface area contributed by atoms with Gasteiger partial charge in [0.25, 0.3) is 0 Å². The van der Waals surface area contributed by atoms with E-state index in [-0.39, 0.29) is 12.5 Å². The highest BCUT2D eigenvalue weighted by molar-refractivity contribution is 5.85. The molecular formula is C28H33N3O6. The van der Waals surface area contributed by atoms with E-state index in [2.05, 4.69) is 16.0 Å². The van der Waals surface area contributed by atoms with Gasteiger partial charge in [0.2, 0.25) is 0 Å². The van der Waals surface area contributed by atoms with E-state index in [1.165, 1.54) is 14.2 Å². The van der Waals surface area contributed by atoms with E-state index >= 15 is 0 Å². The Bertz CT molecular complexity index is 1080. The molecule has 9 nitrogen and oxygen atoms in total. The SMILES string of the molecule is COC(=O)Nc1cccc(C(CCNC[C@H](O)COc2ccccc2)c2cccc(NC(=O)OC)c2)c1. The summed E-state index contributed by atoms with van der Waals surface area (Å²) in [6.07, 6.45) is -1.08. The summed E-state index contributed by atoms with van der Waals surface area (Å²) < 4.78 is 15.0. The molecule has 0 saturated heterocycles. The lowest BCUT2D eigenvalue weighted by Gasteiger charge is -2.21. The Labute approximate surface area is 216 Å². The molecule has 0 heterocycles. The lowest BCUT2D eigenvalue weighted by Crippen LogP contribution is -2.32. The molecule has 3 aromatic rings. The minimum absolute atomic E-state index is 0.0657. The molecule has 0 spiro atoms. The summed E-state index contributed by atoms with van der Waals surface area (Å²) in [5.74, 6) is 0.645. The molecule has 2 amide bonds. The molecule has 37 heavy (non-hydrogen) atoms. The standard InChI is InChI=1S/C28H33N3O6/c1-35-27(33)30-22-10-6-8-20(16-22)26(21-9-7-11-23(17-21)31-28(34)36-2)14-15-29-18-24(32)19-37-25-12-4-3-5-13-25/h3-13,16-17,24,26,29,32H,14-15,18-19H2,1-2H3,(H,30,33)(H,31,34)/t24-/m0/s1. The van der Waals surface area contributed by atoms with Gasteiger partial charge in [-0.05, 0) is 60.5 Å². The highest BCUT2D eigenvalue weighted by atomic mass is 16.5. The van der Waals surface area contributed by atoms with Gasteiger partial charge in [-0.2, -0.15) is 0 Å². The van der Waals surface area contributed by atoms with Gasteiger partial charge in [-0.1, -0.05) is 42.5 Å². The molecule has 0 aliphatic carbocycles. The summed E-state index contributed by atoms with van der Waals surface area (Å²) in [5.41, 5.74) is 3.16. The summed E-state index contributed by atoms with van der Waals surface area (Å²) in [6.45, 7) is 1.16. The third kappa shape index (κ3) is 9.14. The van der Waals surface area contributed by atoms with E-state index in [4.69, 9.17) is 14.2 Å². The monoisotopic (exact) mass is 507 g/mol. The number of amides is 2. The van der Waals surface area contributed by atoms with Crippen LogP contribution < -0.4 is 20.7 Å². The van der Waals surface area contributed by atoms with Gasteiger partial charge in [-0.25, -0.2) is 9.59 Å². The zero-order valence-corrected chi connectivity index (χ0v) is 21.0. The van der Waals surface area contributed by atoms with E-state index in [0.717, 1.165) is 11.1 Å². The maximum atomic E-state index is 11.7. The van der Waals surface area contributed by atoms with E-state index in [9.17, 15) is 14.7 Å². The molecule has 3 rings (SSSR count). The first-order chi connectivity index (χ1) is 18.0. The number of para-hydroxylation sites is 1. The van der Waals surface area contributed by atoms with Crippen molar-refractivity contribution in [3.8, 4) is 5.75 Å². The summed E-state index contributed by atoms with van der Waals surface area (Å²) >= 11 is 0. The average molecular weight is 508 g/mol. The van der Waals surface area contributed by atoms with Crippen LogP contribution in [0.1, 0.15) is 23.5 Å². The fraction of sp³-hybridized carbons (Fsp3) is 0.286. The summed E-state index contributed by atoms with van der Waals surface area (Å²) in [5, 5.41) is 19.0. The second-order valence-corrected chi connectivity index (χ2v) is 8.31. The summed E-state index contributed by atoms with van der Waals surface area (Å²) in [4.78, 5) is 23.4. The number of carbonyl (C=O) groups is 2. The second kappa shape index (κ2) is 14.5. The first kappa shape index (κ1) is 27.5. The lowest BCUT2D eigenvalue weighted by atomic mass is 9.88. The predicted molar refractivity (Wildman–Crippen MR) is 142 cm³/mol. The largest absolute Gasteiger partial charge is 0.491 e. The Morgan fingerprint density at radius 2 is 1.38 bits per heavy atom. The van der Waals surface area contributed by atoms with Crippen LogP contribution in [0.15, 0.2) is 78.9 Å². The number of aliphatic hydroxyl groups is 1. The van der Waals surface area contributed by atoms with E-state index < -0.39 is 18.3 Å². The van der Waals surface area contributed by atoms with Crippen LogP contribution in [-0.4, -0.2) is 57.3 Å². The van der Waals surface area contributed by atoms with Gasteiger partial charge in [-0.15, -0.1) is 0 Å². The first-order valence-electron chi connectivity index (χ1n) is 11.9. The third-order valence-corrected chi connectivity index (χ3v) is 5.62. The number of rotatable bonds is 12. The highest BCUT2D eigenvalue weighted by Gasteiger charge is 2.17. The summed E-state index contributed by atoms with van der Waals surface area (Å²) in [6, 6.07) is 24.4. The molecule has 196 valence electrons. The van der Waals surface area contributed by atoms with Crippen molar-refractivity contribution in [2.75, 3.05) is 44.5 Å². The maximum absolute atomic E-state index is 11.7. The number of ether oxygens (including phenoxy) is 3. The van der Waals surface area contributed by atoms with Gasteiger partial charge in [0, 0.05) is 23.8 Å². The van der Waals surface area contributed by atoms with Crippen LogP contribution in [0.2, 0.25) is 0 Å². The Kier molecular flexibility index (Phi) is 10.8. The summed E-state index contributed by atoms with van der Waals surface area (Å²) in [7, 11) is 2.62. The van der Waals surface area contributed by atoms with Gasteiger partial charge in [0.1, 0.15) is 18.5 Å². The fourth-order valence-corrected chi connectivity index (χ4v) is 3.81. The molecule has 9 heteroatoms. The smallest absolute Gasteiger partial charge is 0.411 e. The number of aliphatic hydroxyl groups excluding tert-OH is 1. The number of benzene rings is 3. The topological polar surface area (TPSA) is 118 Å². The number of anilines is 2. The van der Waals surface area contributed by atoms with E-state index in [1.807, 2.05) is 66.7 Å². The number of hydrogen-bond donors (Lipinski definition) is 4. The van der Waals surface area contributed by atoms with Crippen molar-refractivity contribution in [2.45, 2.75) is 18.4 Å². The van der Waals surface area contributed by atoms with Gasteiger partial charge >= 0.3 is 12.2 Å². The van der Waals surface area contributed by atoms with Crippen LogP contribution in [-0.2, 0) is 9.47 Å². The van der Waals surface area contributed by atoms with Crippen LogP contribution in [0.3, 0.4) is 0 Å². The Morgan fingerprint density at radius 3 is 1.92 bits per heavy atom. The maximum Gasteiger partial charge on any atom is 0.411 e. The molecule has 0 aliphatic heterocycles. The Morgan fingerprint density at radius 1 is 0.811 bits per heavy atom. The number of methoxy groups -OCH3 is 2. The zero-order valence-electron chi connectivity index (χ0n) is 21.0. The van der Waals surface area contributed by atoms with Crippen molar-refractivity contribution in [2.24, 2.45) is 0 Å². The van der Waals surface area contributed by atoms with Crippen molar-refractivity contribution in [3.05, 3.63) is 90.0 Å². The zero-order chi connectivity index (χ0) is 26.5. The third-order valence-electron chi connectivity index (χ3n) is 5.62. The highest BCUT2D eigenvalue weighted by Crippen LogP contribution is 2.31. The predicted octanol–water partition coefficient (Wildman–Crippen LogP) is 4.59. The normalized spacial score (nSPS) is 11.5. The molecule has 0 aliphatic rings. The molecule has 0 aromatic heterocycles. The Balaban J connectivity index is 1.68. The van der Waals surface area contributed by atoms with Crippen molar-refractivity contribution in [1.29, 1.82) is 0 Å². The van der Waals surface area contributed by atoms with Crippen molar-refractivity contribution in [1.82, 2.24) is 5.32 Å². The van der Waals surface area contributed by atoms with Crippen LogP contribution in [0.4, 0.5) is 21.0 Å². The molecule has 0 bridgehead atoms. The van der Waals surface area contributed by atoms with Crippen molar-refractivity contribution >= 4 is 23.6 Å². The van der Waals surface area contributed by atoms with Crippen LogP contribution in [0, 0.1) is 0 Å². The average Bonchev–Trinajstić information content (AvgIpc) is 2.92. The van der Waals surface area contributed by atoms with Crippen molar-refractivity contribution in [3.63, 3.8) is 0 Å². The molecule has 4 N–H and O–H groups in total. The molecule has 0 fully saturated rings. The molecule has 0 unspecified atom stereocenters. The van der Waals surface area contributed by atoms with Crippen LogP contribution in [0.5, 0.6) is 5.75 Å². The lowest BCUT2D eigenvalue weighted by molar-refractivity contribution is 0.106. The molecular weight excluding hydrogens is 474 g/mol. The van der Waals surface area contributed by atoms with Crippen LogP contribution in [0.25, 0.3) is 0 Å².